The van der Waals surface area contributed by atoms with E-state index >= 15 is 0 Å². The molecule has 0 aromatic rings. The van der Waals surface area contributed by atoms with Gasteiger partial charge in [-0.15, -0.1) is 0 Å². The van der Waals surface area contributed by atoms with Crippen LogP contribution in [0, 0.1) is 50.2 Å². The highest BCUT2D eigenvalue weighted by atomic mass is 16.6. The van der Waals surface area contributed by atoms with Crippen LogP contribution in [0.5, 0.6) is 0 Å². The molecule has 5 fully saturated rings. The summed E-state index contributed by atoms with van der Waals surface area (Å²) in [5, 5.41) is 21.5. The van der Waals surface area contributed by atoms with Crippen LogP contribution in [0.3, 0.4) is 0 Å². The normalized spacial score (nSPS) is 56.5. The Hall–Kier alpha value is -0.870. The SMILES string of the molecule is CC1(C)CC[C@]2(C(=O)O)CC=C3[C@](C)([C@@H]2C1)[C@H]1O[C@H]1[C@@H]1[C@@]2(C)CC[C@H](O)C(C)(C)[C@@H]2CC[C@@]31C. The van der Waals surface area contributed by atoms with Crippen molar-refractivity contribution in [2.45, 2.75) is 118 Å². The highest BCUT2D eigenvalue weighted by Crippen LogP contribution is 2.78. The molecule has 1 saturated heterocycles. The number of carboxylic acid groups (broad SMARTS) is 1. The first-order valence-corrected chi connectivity index (χ1v) is 13.9. The molecular formula is C30H46O4. The molecule has 0 radical (unpaired) electrons. The first kappa shape index (κ1) is 23.5. The maximum atomic E-state index is 12.9. The summed E-state index contributed by atoms with van der Waals surface area (Å²) in [4.78, 5) is 12.9. The molecule has 0 amide bonds. The van der Waals surface area contributed by atoms with Gasteiger partial charge in [-0.1, -0.05) is 60.1 Å². The molecule has 34 heavy (non-hydrogen) atoms. The Labute approximate surface area is 205 Å². The molecule has 2 N–H and O–H groups in total. The summed E-state index contributed by atoms with van der Waals surface area (Å²) in [6.45, 7) is 16.6. The standard InChI is InChI=1S/C30H46O4/c1-25(2)14-15-30(24(32)33)13-9-18-28(6)11-8-17-26(3,4)20(31)10-12-27(17,5)22(28)21-23(34-21)29(18,7)19(30)16-25/h9,17,19-23,31H,8,10-16H2,1-7H3,(H,32,33)/t17-,19-,20-,21-,22+,23-,27-,28-,29+,30+/m0/s1. The van der Waals surface area contributed by atoms with Crippen molar-refractivity contribution in [1.82, 2.24) is 0 Å². The third-order valence-corrected chi connectivity index (χ3v) is 13.0. The second kappa shape index (κ2) is 6.52. The van der Waals surface area contributed by atoms with Crippen molar-refractivity contribution in [3.63, 3.8) is 0 Å². The van der Waals surface area contributed by atoms with Gasteiger partial charge in [0.15, 0.2) is 0 Å². The van der Waals surface area contributed by atoms with Crippen LogP contribution in [0.25, 0.3) is 0 Å². The summed E-state index contributed by atoms with van der Waals surface area (Å²) in [5.74, 6) is 0.479. The number of hydrogen-bond donors (Lipinski definition) is 2. The average Bonchev–Trinajstić information content (AvgIpc) is 3.52. The van der Waals surface area contributed by atoms with Crippen molar-refractivity contribution < 1.29 is 19.7 Å². The maximum Gasteiger partial charge on any atom is 0.310 e. The van der Waals surface area contributed by atoms with E-state index in [1.54, 1.807) is 0 Å². The second-order valence-corrected chi connectivity index (χ2v) is 15.4. The van der Waals surface area contributed by atoms with Crippen LogP contribution in [-0.4, -0.2) is 34.5 Å². The highest BCUT2D eigenvalue weighted by molar-refractivity contribution is 5.76. The van der Waals surface area contributed by atoms with Crippen LogP contribution in [0.2, 0.25) is 0 Å². The van der Waals surface area contributed by atoms with Gasteiger partial charge < -0.3 is 14.9 Å². The fraction of sp³-hybridized carbons (Fsp3) is 0.900. The van der Waals surface area contributed by atoms with Gasteiger partial charge in [-0.3, -0.25) is 4.79 Å². The van der Waals surface area contributed by atoms with E-state index < -0.39 is 11.4 Å². The van der Waals surface area contributed by atoms with Crippen molar-refractivity contribution in [1.29, 1.82) is 0 Å². The largest absolute Gasteiger partial charge is 0.481 e. The molecule has 6 aliphatic rings. The van der Waals surface area contributed by atoms with Gasteiger partial charge in [0, 0.05) is 11.3 Å². The monoisotopic (exact) mass is 470 g/mol. The van der Waals surface area contributed by atoms with E-state index in [1.807, 2.05) is 0 Å². The highest BCUT2D eigenvalue weighted by Gasteiger charge is 2.78. The molecule has 4 nitrogen and oxygen atoms in total. The van der Waals surface area contributed by atoms with Gasteiger partial charge in [0.05, 0.1) is 23.7 Å². The van der Waals surface area contributed by atoms with Crippen molar-refractivity contribution in [2.75, 3.05) is 0 Å². The quantitative estimate of drug-likeness (QED) is 0.352. The van der Waals surface area contributed by atoms with Gasteiger partial charge in [-0.25, -0.2) is 0 Å². The van der Waals surface area contributed by atoms with Crippen LogP contribution in [0.1, 0.15) is 99.8 Å². The van der Waals surface area contributed by atoms with Gasteiger partial charge >= 0.3 is 5.97 Å². The average molecular weight is 471 g/mol. The molecule has 0 aromatic heterocycles. The smallest absolute Gasteiger partial charge is 0.310 e. The van der Waals surface area contributed by atoms with Crippen LogP contribution >= 0.6 is 0 Å². The van der Waals surface area contributed by atoms with Gasteiger partial charge in [-0.2, -0.15) is 0 Å². The second-order valence-electron chi connectivity index (χ2n) is 15.4. The summed E-state index contributed by atoms with van der Waals surface area (Å²) in [7, 11) is 0. The van der Waals surface area contributed by atoms with E-state index in [9.17, 15) is 15.0 Å². The number of hydrogen-bond acceptors (Lipinski definition) is 3. The van der Waals surface area contributed by atoms with Crippen LogP contribution < -0.4 is 0 Å². The number of aliphatic hydroxyl groups is 1. The minimum atomic E-state index is -0.647. The summed E-state index contributed by atoms with van der Waals surface area (Å²) < 4.78 is 6.74. The zero-order valence-electron chi connectivity index (χ0n) is 22.4. The number of aliphatic carboxylic acids is 1. The predicted molar refractivity (Wildman–Crippen MR) is 132 cm³/mol. The lowest BCUT2D eigenvalue weighted by atomic mass is 9.34. The lowest BCUT2D eigenvalue weighted by Gasteiger charge is -2.68. The number of carbonyl (C=O) groups is 1. The molecule has 6 rings (SSSR count). The number of rotatable bonds is 1. The Kier molecular flexibility index (Phi) is 4.51. The minimum absolute atomic E-state index is 0.0439. The Morgan fingerprint density at radius 2 is 1.68 bits per heavy atom. The van der Waals surface area contributed by atoms with Crippen molar-refractivity contribution >= 4 is 5.97 Å². The fourth-order valence-corrected chi connectivity index (χ4v) is 11.2. The number of allylic oxidation sites excluding steroid dienone is 1. The van der Waals surface area contributed by atoms with E-state index in [2.05, 4.69) is 54.5 Å². The Morgan fingerprint density at radius 1 is 0.971 bits per heavy atom. The molecule has 0 bridgehead atoms. The molecule has 190 valence electrons. The molecule has 0 spiro atoms. The molecule has 4 saturated carbocycles. The van der Waals surface area contributed by atoms with Gasteiger partial charge in [0.25, 0.3) is 0 Å². The third kappa shape index (κ3) is 2.56. The van der Waals surface area contributed by atoms with E-state index in [-0.39, 0.29) is 51.3 Å². The first-order chi connectivity index (χ1) is 15.6. The molecule has 1 aliphatic heterocycles. The maximum absolute atomic E-state index is 12.9. The number of fused-ring (bicyclic) bond motifs is 10. The first-order valence-electron chi connectivity index (χ1n) is 13.9. The zero-order valence-corrected chi connectivity index (χ0v) is 22.4. The van der Waals surface area contributed by atoms with Crippen molar-refractivity contribution in [2.24, 2.45) is 50.2 Å². The Morgan fingerprint density at radius 3 is 2.35 bits per heavy atom. The molecule has 5 aliphatic carbocycles. The predicted octanol–water partition coefficient (Wildman–Crippen LogP) is 6.22. The Balaban J connectivity index is 1.48. The lowest BCUT2D eigenvalue weighted by molar-refractivity contribution is -0.183. The summed E-state index contributed by atoms with van der Waals surface area (Å²) in [5.41, 5.74) is 0.971. The van der Waals surface area contributed by atoms with Crippen LogP contribution in [0.4, 0.5) is 0 Å². The minimum Gasteiger partial charge on any atom is -0.481 e. The molecular weight excluding hydrogens is 424 g/mol. The van der Waals surface area contributed by atoms with Gasteiger partial charge in [0.2, 0.25) is 0 Å². The number of ether oxygens (including phenoxy) is 1. The molecule has 10 atom stereocenters. The molecule has 1 heterocycles. The van der Waals surface area contributed by atoms with Crippen LogP contribution in [0.15, 0.2) is 11.6 Å². The lowest BCUT2D eigenvalue weighted by Crippen LogP contribution is -2.66. The van der Waals surface area contributed by atoms with E-state index in [1.165, 1.54) is 5.57 Å². The summed E-state index contributed by atoms with van der Waals surface area (Å²) >= 11 is 0. The molecule has 0 unspecified atom stereocenters. The van der Waals surface area contributed by atoms with E-state index in [0.717, 1.165) is 44.9 Å². The van der Waals surface area contributed by atoms with E-state index in [4.69, 9.17) is 4.74 Å². The van der Waals surface area contributed by atoms with Gasteiger partial charge in [0.1, 0.15) is 0 Å². The summed E-state index contributed by atoms with van der Waals surface area (Å²) in [6, 6.07) is 0. The van der Waals surface area contributed by atoms with Crippen molar-refractivity contribution in [3.8, 4) is 0 Å². The number of epoxide rings is 1. The topological polar surface area (TPSA) is 70.1 Å². The third-order valence-electron chi connectivity index (χ3n) is 13.0. The molecule has 4 heteroatoms. The number of aliphatic hydroxyl groups excluding tert-OH is 1. The summed E-state index contributed by atoms with van der Waals surface area (Å²) in [6.07, 6.45) is 10.2. The zero-order chi connectivity index (χ0) is 24.7. The fourth-order valence-electron chi connectivity index (χ4n) is 11.2. The van der Waals surface area contributed by atoms with E-state index in [0.29, 0.717) is 18.3 Å². The van der Waals surface area contributed by atoms with Crippen molar-refractivity contribution in [3.05, 3.63) is 11.6 Å². The van der Waals surface area contributed by atoms with Crippen LogP contribution in [-0.2, 0) is 9.53 Å². The Bertz CT molecular complexity index is 965. The van der Waals surface area contributed by atoms with Gasteiger partial charge in [-0.05, 0) is 84.9 Å². The number of carboxylic acids is 1. The molecule has 0 aromatic carbocycles.